The number of aromatic nitrogens is 5. The first-order chi connectivity index (χ1) is 13.1. The Kier molecular flexibility index (Phi) is 4.81. The molecular formula is C19H22N6O2. The number of hydrogen-bond donors (Lipinski definition) is 2. The normalized spacial score (nSPS) is 20.2. The van der Waals surface area contributed by atoms with Gasteiger partial charge in [0.05, 0.1) is 24.2 Å². The van der Waals surface area contributed by atoms with E-state index in [1.165, 1.54) is 0 Å². The van der Waals surface area contributed by atoms with E-state index in [4.69, 9.17) is 0 Å². The minimum Gasteiger partial charge on any atom is -0.393 e. The van der Waals surface area contributed by atoms with Gasteiger partial charge in [0.15, 0.2) is 0 Å². The number of hydrogen-bond acceptors (Lipinski definition) is 6. The number of benzene rings is 1. The second-order valence-electron chi connectivity index (χ2n) is 7.09. The van der Waals surface area contributed by atoms with Crippen molar-refractivity contribution in [1.82, 2.24) is 30.5 Å². The Morgan fingerprint density at radius 2 is 2.19 bits per heavy atom. The lowest BCUT2D eigenvalue weighted by Crippen LogP contribution is -2.41. The molecule has 1 fully saturated rings. The molecule has 8 nitrogen and oxygen atoms in total. The topological polar surface area (TPSA) is 106 Å². The number of aryl methyl sites for hydroxylation is 2. The summed E-state index contributed by atoms with van der Waals surface area (Å²) in [5, 5.41) is 25.2. The van der Waals surface area contributed by atoms with E-state index in [0.717, 1.165) is 16.5 Å². The summed E-state index contributed by atoms with van der Waals surface area (Å²) in [7, 11) is 0. The van der Waals surface area contributed by atoms with Gasteiger partial charge in [0, 0.05) is 18.0 Å². The molecule has 0 bridgehead atoms. The predicted octanol–water partition coefficient (Wildman–Crippen LogP) is 1.55. The maximum atomic E-state index is 12.5. The zero-order valence-corrected chi connectivity index (χ0v) is 15.1. The summed E-state index contributed by atoms with van der Waals surface area (Å²) in [5.74, 6) is 0.825. The molecule has 27 heavy (non-hydrogen) atoms. The Morgan fingerprint density at radius 1 is 1.37 bits per heavy atom. The highest BCUT2D eigenvalue weighted by molar-refractivity contribution is 5.80. The van der Waals surface area contributed by atoms with Gasteiger partial charge in [-0.15, -0.1) is 5.10 Å². The van der Waals surface area contributed by atoms with Gasteiger partial charge in [0.1, 0.15) is 5.82 Å². The molecule has 2 N–H and O–H groups in total. The van der Waals surface area contributed by atoms with Gasteiger partial charge in [-0.05, 0) is 53.8 Å². The van der Waals surface area contributed by atoms with Gasteiger partial charge in [-0.3, -0.25) is 9.78 Å². The fourth-order valence-electron chi connectivity index (χ4n) is 3.54. The Hall–Kier alpha value is -2.87. The van der Waals surface area contributed by atoms with Crippen molar-refractivity contribution in [3.8, 4) is 0 Å². The smallest absolute Gasteiger partial charge is 0.222 e. The highest BCUT2D eigenvalue weighted by Crippen LogP contribution is 2.38. The lowest BCUT2D eigenvalue weighted by Gasteiger charge is -2.38. The Balaban J connectivity index is 1.50. The summed E-state index contributed by atoms with van der Waals surface area (Å²) in [5.41, 5.74) is 1.90. The van der Waals surface area contributed by atoms with E-state index in [2.05, 4.69) is 31.9 Å². The van der Waals surface area contributed by atoms with Crippen molar-refractivity contribution in [3.63, 3.8) is 0 Å². The third-order valence-electron chi connectivity index (χ3n) is 5.17. The van der Waals surface area contributed by atoms with Crippen LogP contribution in [0.5, 0.6) is 0 Å². The highest BCUT2D eigenvalue weighted by atomic mass is 16.3. The zero-order valence-electron chi connectivity index (χ0n) is 15.1. The van der Waals surface area contributed by atoms with E-state index < -0.39 is 0 Å². The zero-order chi connectivity index (χ0) is 18.8. The molecule has 2 heterocycles. The molecule has 4 rings (SSSR count). The molecule has 2 aromatic heterocycles. The SMILES string of the molecule is Cc1nnnn1CCC(=O)N[C@@H](c1cnc2ccccc2c1)C1CC(O)C1. The Bertz CT molecular complexity index is 950. The molecule has 0 unspecified atom stereocenters. The van der Waals surface area contributed by atoms with E-state index in [0.29, 0.717) is 31.6 Å². The van der Waals surface area contributed by atoms with Crippen LogP contribution in [0, 0.1) is 12.8 Å². The largest absolute Gasteiger partial charge is 0.393 e. The third kappa shape index (κ3) is 3.80. The number of carbonyl (C=O) groups excluding carboxylic acids is 1. The maximum Gasteiger partial charge on any atom is 0.222 e. The number of pyridine rings is 1. The van der Waals surface area contributed by atoms with Gasteiger partial charge in [0.2, 0.25) is 5.91 Å². The van der Waals surface area contributed by atoms with Crippen LogP contribution in [0.3, 0.4) is 0 Å². The predicted molar refractivity (Wildman–Crippen MR) is 98.5 cm³/mol. The van der Waals surface area contributed by atoms with E-state index >= 15 is 0 Å². The number of nitrogens with zero attached hydrogens (tertiary/aromatic N) is 5. The van der Waals surface area contributed by atoms with Crippen LogP contribution in [0.25, 0.3) is 10.9 Å². The van der Waals surface area contributed by atoms with Crippen LogP contribution in [0.4, 0.5) is 0 Å². The second kappa shape index (κ2) is 7.40. The van der Waals surface area contributed by atoms with Crippen LogP contribution in [0.2, 0.25) is 0 Å². The molecule has 0 spiro atoms. The standard InChI is InChI=1S/C19H22N6O2/c1-12-22-23-24-25(12)7-6-18(27)21-19(14-9-16(26)10-14)15-8-13-4-2-3-5-17(13)20-11-15/h2-5,8,11,14,16,19,26H,6-7,9-10H2,1H3,(H,21,27)/t14?,16?,19-/m1/s1. The minimum atomic E-state index is -0.285. The summed E-state index contributed by atoms with van der Waals surface area (Å²) in [4.78, 5) is 17.1. The van der Waals surface area contributed by atoms with Gasteiger partial charge in [-0.25, -0.2) is 4.68 Å². The number of tetrazole rings is 1. The van der Waals surface area contributed by atoms with Crippen LogP contribution in [0.15, 0.2) is 36.5 Å². The molecule has 0 aliphatic heterocycles. The Morgan fingerprint density at radius 3 is 2.93 bits per heavy atom. The monoisotopic (exact) mass is 366 g/mol. The van der Waals surface area contributed by atoms with Gasteiger partial charge in [-0.1, -0.05) is 18.2 Å². The lowest BCUT2D eigenvalue weighted by molar-refractivity contribution is -0.123. The van der Waals surface area contributed by atoms with Crippen molar-refractivity contribution >= 4 is 16.8 Å². The first-order valence-electron chi connectivity index (χ1n) is 9.15. The highest BCUT2D eigenvalue weighted by Gasteiger charge is 2.35. The van der Waals surface area contributed by atoms with E-state index in [9.17, 15) is 9.90 Å². The van der Waals surface area contributed by atoms with Gasteiger partial charge in [0.25, 0.3) is 0 Å². The van der Waals surface area contributed by atoms with Crippen molar-refractivity contribution in [2.45, 2.75) is 44.9 Å². The van der Waals surface area contributed by atoms with Gasteiger partial charge < -0.3 is 10.4 Å². The molecule has 1 saturated carbocycles. The molecule has 1 aliphatic rings. The Labute approximate surface area is 156 Å². The minimum absolute atomic E-state index is 0.0653. The maximum absolute atomic E-state index is 12.5. The van der Waals surface area contributed by atoms with Crippen LogP contribution in [0.1, 0.15) is 36.7 Å². The summed E-state index contributed by atoms with van der Waals surface area (Å²) in [6.45, 7) is 2.23. The van der Waals surface area contributed by atoms with Crippen molar-refractivity contribution < 1.29 is 9.90 Å². The van der Waals surface area contributed by atoms with Crippen molar-refractivity contribution in [2.75, 3.05) is 0 Å². The number of aliphatic hydroxyl groups excluding tert-OH is 1. The average Bonchev–Trinajstić information content (AvgIpc) is 3.06. The number of fused-ring (bicyclic) bond motifs is 1. The molecule has 1 amide bonds. The fraction of sp³-hybridized carbons (Fsp3) is 0.421. The van der Waals surface area contributed by atoms with E-state index in [1.807, 2.05) is 30.5 Å². The van der Waals surface area contributed by atoms with Crippen LogP contribution < -0.4 is 5.32 Å². The number of para-hydroxylation sites is 1. The van der Waals surface area contributed by atoms with Crippen molar-refractivity contribution in [3.05, 3.63) is 47.9 Å². The molecule has 1 atom stereocenters. The summed E-state index contributed by atoms with van der Waals surface area (Å²) in [6, 6.07) is 9.83. The first kappa shape index (κ1) is 17.5. The lowest BCUT2D eigenvalue weighted by atomic mass is 9.75. The summed E-state index contributed by atoms with van der Waals surface area (Å²) >= 11 is 0. The molecular weight excluding hydrogens is 344 g/mol. The molecule has 0 radical (unpaired) electrons. The van der Waals surface area contributed by atoms with Crippen molar-refractivity contribution in [1.29, 1.82) is 0 Å². The summed E-state index contributed by atoms with van der Waals surface area (Å²) < 4.78 is 1.61. The second-order valence-corrected chi connectivity index (χ2v) is 7.09. The molecule has 0 saturated heterocycles. The molecule has 1 aromatic carbocycles. The van der Waals surface area contributed by atoms with E-state index in [1.54, 1.807) is 11.6 Å². The molecule has 3 aromatic rings. The van der Waals surface area contributed by atoms with E-state index in [-0.39, 0.29) is 24.0 Å². The fourth-order valence-corrected chi connectivity index (χ4v) is 3.54. The van der Waals surface area contributed by atoms with Crippen LogP contribution in [-0.2, 0) is 11.3 Å². The first-order valence-corrected chi connectivity index (χ1v) is 9.15. The van der Waals surface area contributed by atoms with Crippen molar-refractivity contribution in [2.24, 2.45) is 5.92 Å². The van der Waals surface area contributed by atoms with Crippen LogP contribution >= 0.6 is 0 Å². The molecule has 140 valence electrons. The number of amides is 1. The molecule has 8 heteroatoms. The van der Waals surface area contributed by atoms with Crippen LogP contribution in [-0.4, -0.2) is 42.3 Å². The number of carbonyl (C=O) groups is 1. The van der Waals surface area contributed by atoms with Gasteiger partial charge in [-0.2, -0.15) is 0 Å². The third-order valence-corrected chi connectivity index (χ3v) is 5.17. The van der Waals surface area contributed by atoms with Gasteiger partial charge >= 0.3 is 0 Å². The summed E-state index contributed by atoms with van der Waals surface area (Å²) in [6.07, 6.45) is 3.20. The molecule has 1 aliphatic carbocycles. The average molecular weight is 366 g/mol. The number of aliphatic hydroxyl groups is 1. The quantitative estimate of drug-likeness (QED) is 0.686. The number of nitrogens with one attached hydrogen (secondary N) is 1. The number of rotatable bonds is 6.